The van der Waals surface area contributed by atoms with Crippen LogP contribution in [-0.4, -0.2) is 66.0 Å². The number of carbonyl (C=O) groups is 2. The molecule has 2 amide bonds. The molecule has 1 aliphatic carbocycles. The van der Waals surface area contributed by atoms with Crippen LogP contribution in [0.1, 0.15) is 44.1 Å². The summed E-state index contributed by atoms with van der Waals surface area (Å²) in [6.07, 6.45) is 4.38. The van der Waals surface area contributed by atoms with Crippen molar-refractivity contribution in [2.45, 2.75) is 63.1 Å². The smallest absolute Gasteiger partial charge is 0.238 e. The first-order chi connectivity index (χ1) is 15.8. The van der Waals surface area contributed by atoms with Crippen molar-refractivity contribution in [3.63, 3.8) is 0 Å². The van der Waals surface area contributed by atoms with Gasteiger partial charge in [-0.3, -0.25) is 9.59 Å². The van der Waals surface area contributed by atoms with E-state index in [-0.39, 0.29) is 41.8 Å². The fourth-order valence-corrected chi connectivity index (χ4v) is 6.00. The maximum absolute atomic E-state index is 14.1. The monoisotopic (exact) mass is 465 g/mol. The lowest BCUT2D eigenvalue weighted by atomic mass is 9.82. The molecule has 9 heteroatoms. The van der Waals surface area contributed by atoms with Gasteiger partial charge in [0, 0.05) is 37.3 Å². The first-order valence-corrected chi connectivity index (χ1v) is 11.9. The van der Waals surface area contributed by atoms with Gasteiger partial charge in [-0.1, -0.05) is 0 Å². The highest BCUT2D eigenvalue weighted by molar-refractivity contribution is 6.08. The number of piperidine rings is 1. The van der Waals surface area contributed by atoms with Crippen molar-refractivity contribution in [1.82, 2.24) is 9.80 Å². The van der Waals surface area contributed by atoms with Crippen molar-refractivity contribution in [3.8, 4) is 0 Å². The van der Waals surface area contributed by atoms with Crippen LogP contribution in [0, 0.1) is 28.8 Å². The predicted octanol–water partition coefficient (Wildman–Crippen LogP) is 2.38. The molecule has 0 aromatic heterocycles. The lowest BCUT2D eigenvalue weighted by molar-refractivity contribution is -0.154. The second-order valence-electron chi connectivity index (χ2n) is 10.0. The highest BCUT2D eigenvalue weighted by Crippen LogP contribution is 2.52. The third-order valence-electron chi connectivity index (χ3n) is 8.02. The van der Waals surface area contributed by atoms with Crippen LogP contribution in [0.2, 0.25) is 0 Å². The number of hydrogen-bond acceptors (Lipinski definition) is 4. The Hall–Kier alpha value is -2.13. The summed E-state index contributed by atoms with van der Waals surface area (Å²) in [6, 6.07) is 1.04. The SMILES string of the molecule is N[C@H](Cc1cc(F)c(F)cc1F)[C@@H]1C[C@H]2CC[C@@H](C1)N2C(=O)C1(C(=O)N2CCOCC2)CC1. The van der Waals surface area contributed by atoms with E-state index < -0.39 is 28.9 Å². The molecule has 0 radical (unpaired) electrons. The Bertz CT molecular complexity index is 934. The van der Waals surface area contributed by atoms with Gasteiger partial charge in [-0.2, -0.15) is 0 Å². The summed E-state index contributed by atoms with van der Waals surface area (Å²) in [5.74, 6) is -3.16. The fraction of sp³-hybridized carbons (Fsp3) is 0.667. The average Bonchev–Trinajstić information content (AvgIpc) is 3.57. The number of halogens is 3. The Morgan fingerprint density at radius 2 is 1.61 bits per heavy atom. The first kappa shape index (κ1) is 22.7. The molecule has 5 rings (SSSR count). The maximum Gasteiger partial charge on any atom is 0.238 e. The number of nitrogens with two attached hydrogens (primary N) is 1. The molecule has 180 valence electrons. The third kappa shape index (κ3) is 4.03. The first-order valence-electron chi connectivity index (χ1n) is 11.9. The zero-order chi connectivity index (χ0) is 23.3. The summed E-state index contributed by atoms with van der Waals surface area (Å²) in [5, 5.41) is 0. The van der Waals surface area contributed by atoms with Crippen LogP contribution in [0.15, 0.2) is 12.1 Å². The molecular formula is C24H30F3N3O3. The van der Waals surface area contributed by atoms with Crippen LogP contribution in [0.25, 0.3) is 0 Å². The van der Waals surface area contributed by atoms with E-state index in [2.05, 4.69) is 0 Å². The van der Waals surface area contributed by atoms with E-state index in [0.29, 0.717) is 58.1 Å². The number of carbonyl (C=O) groups excluding carboxylic acids is 2. The number of nitrogens with zero attached hydrogens (tertiary/aromatic N) is 2. The minimum atomic E-state index is -1.21. The van der Waals surface area contributed by atoms with Crippen LogP contribution < -0.4 is 5.73 Å². The fourth-order valence-electron chi connectivity index (χ4n) is 6.00. The normalized spacial score (nSPS) is 29.2. The van der Waals surface area contributed by atoms with Crippen molar-refractivity contribution in [3.05, 3.63) is 35.1 Å². The number of amides is 2. The van der Waals surface area contributed by atoms with Crippen LogP contribution >= 0.6 is 0 Å². The molecule has 1 aromatic rings. The molecule has 4 fully saturated rings. The van der Waals surface area contributed by atoms with Crippen molar-refractivity contribution >= 4 is 11.8 Å². The lowest BCUT2D eigenvalue weighted by Crippen LogP contribution is -2.56. The minimum absolute atomic E-state index is 0.0112. The van der Waals surface area contributed by atoms with E-state index in [0.717, 1.165) is 18.9 Å². The summed E-state index contributed by atoms with van der Waals surface area (Å²) < 4.78 is 46.3. The number of ether oxygens (including phenoxy) is 1. The highest BCUT2D eigenvalue weighted by atomic mass is 19.2. The molecule has 1 saturated carbocycles. The molecular weight excluding hydrogens is 435 g/mol. The van der Waals surface area contributed by atoms with Crippen LogP contribution in [-0.2, 0) is 20.7 Å². The van der Waals surface area contributed by atoms with Gasteiger partial charge in [-0.25, -0.2) is 13.2 Å². The van der Waals surface area contributed by atoms with E-state index in [1.54, 1.807) is 4.90 Å². The largest absolute Gasteiger partial charge is 0.378 e. The Balaban J connectivity index is 1.25. The lowest BCUT2D eigenvalue weighted by Gasteiger charge is -2.43. The van der Waals surface area contributed by atoms with Gasteiger partial charge < -0.3 is 20.3 Å². The Morgan fingerprint density at radius 3 is 2.21 bits per heavy atom. The van der Waals surface area contributed by atoms with Crippen LogP contribution in [0.4, 0.5) is 13.2 Å². The second-order valence-corrected chi connectivity index (χ2v) is 10.0. The Kier molecular flexibility index (Phi) is 5.89. The number of hydrogen-bond donors (Lipinski definition) is 1. The quantitative estimate of drug-likeness (QED) is 0.535. The van der Waals surface area contributed by atoms with Gasteiger partial charge in [-0.05, 0) is 62.5 Å². The van der Waals surface area contributed by atoms with Gasteiger partial charge in [0.1, 0.15) is 11.2 Å². The molecule has 1 aromatic carbocycles. The Labute approximate surface area is 191 Å². The van der Waals surface area contributed by atoms with Crippen LogP contribution in [0.5, 0.6) is 0 Å². The van der Waals surface area contributed by atoms with E-state index in [1.807, 2.05) is 4.90 Å². The van der Waals surface area contributed by atoms with Gasteiger partial charge >= 0.3 is 0 Å². The third-order valence-corrected chi connectivity index (χ3v) is 8.02. The number of benzene rings is 1. The average molecular weight is 466 g/mol. The summed E-state index contributed by atoms with van der Waals surface area (Å²) >= 11 is 0. The van der Waals surface area contributed by atoms with Crippen molar-refractivity contribution in [2.24, 2.45) is 17.1 Å². The minimum Gasteiger partial charge on any atom is -0.378 e. The standard InChI is InChI=1S/C24H30F3N3O3/c25-18-13-20(27)19(26)11-14(18)12-21(28)15-9-16-1-2-17(10-15)30(16)23(32)24(3-4-24)22(31)29-5-7-33-8-6-29/h11,13,15-17,21H,1-10,12,28H2/t15-,16-,17+,21-/m1/s1. The predicted molar refractivity (Wildman–Crippen MR) is 113 cm³/mol. The summed E-state index contributed by atoms with van der Waals surface area (Å²) in [6.45, 7) is 2.06. The summed E-state index contributed by atoms with van der Waals surface area (Å²) in [7, 11) is 0. The second kappa shape index (κ2) is 8.58. The molecule has 4 aliphatic rings. The number of fused-ring (bicyclic) bond motifs is 2. The van der Waals surface area contributed by atoms with E-state index in [9.17, 15) is 22.8 Å². The molecule has 0 unspecified atom stereocenters. The molecule has 33 heavy (non-hydrogen) atoms. The number of rotatable bonds is 5. The highest BCUT2D eigenvalue weighted by Gasteiger charge is 2.62. The zero-order valence-electron chi connectivity index (χ0n) is 18.6. The van der Waals surface area contributed by atoms with Crippen molar-refractivity contribution in [2.75, 3.05) is 26.3 Å². The number of morpholine rings is 1. The molecule has 3 aliphatic heterocycles. The van der Waals surface area contributed by atoms with E-state index >= 15 is 0 Å². The van der Waals surface area contributed by atoms with Gasteiger partial charge in [-0.15, -0.1) is 0 Å². The summed E-state index contributed by atoms with van der Waals surface area (Å²) in [4.78, 5) is 30.5. The summed E-state index contributed by atoms with van der Waals surface area (Å²) in [5.41, 5.74) is 5.55. The molecule has 6 nitrogen and oxygen atoms in total. The van der Waals surface area contributed by atoms with E-state index in [4.69, 9.17) is 10.5 Å². The van der Waals surface area contributed by atoms with Gasteiger partial charge in [0.25, 0.3) is 0 Å². The van der Waals surface area contributed by atoms with Gasteiger partial charge in [0.2, 0.25) is 11.8 Å². The topological polar surface area (TPSA) is 75.9 Å². The molecule has 2 N–H and O–H groups in total. The molecule has 3 heterocycles. The molecule has 4 atom stereocenters. The van der Waals surface area contributed by atoms with Gasteiger partial charge in [0.15, 0.2) is 11.6 Å². The maximum atomic E-state index is 14.1. The van der Waals surface area contributed by atoms with Gasteiger partial charge in [0.05, 0.1) is 13.2 Å². The molecule has 2 bridgehead atoms. The van der Waals surface area contributed by atoms with Crippen LogP contribution in [0.3, 0.4) is 0 Å². The molecule has 0 spiro atoms. The van der Waals surface area contributed by atoms with E-state index in [1.165, 1.54) is 0 Å². The molecule has 3 saturated heterocycles. The van der Waals surface area contributed by atoms with Crippen molar-refractivity contribution < 1.29 is 27.5 Å². The van der Waals surface area contributed by atoms with Crippen molar-refractivity contribution in [1.29, 1.82) is 0 Å². The Morgan fingerprint density at radius 1 is 1.00 bits per heavy atom. The zero-order valence-corrected chi connectivity index (χ0v) is 18.6.